The van der Waals surface area contributed by atoms with Crippen molar-refractivity contribution in [3.05, 3.63) is 47.6 Å². The van der Waals surface area contributed by atoms with Crippen molar-refractivity contribution in [1.29, 1.82) is 0 Å². The van der Waals surface area contributed by atoms with E-state index in [2.05, 4.69) is 49.6 Å². The molecular formula is C14H19Cl2SiZr-. The third-order valence-corrected chi connectivity index (χ3v) is 2.33. The molecule has 4 heteroatoms. The summed E-state index contributed by atoms with van der Waals surface area (Å²) in [5, 5.41) is 0. The standard InChI is InChI=1S/C12H13.C2H6Si.2ClH.Zr/c1-2-6-11(5-1)9-10-12-7-3-4-8-12;1-3-2;;;/h1-3,5,7H,4,6,9-10H2;1-2H3;2*1H;/q-1;;;;+2/p-2. The summed E-state index contributed by atoms with van der Waals surface area (Å²) in [6, 6.07) is 0. The van der Waals surface area contributed by atoms with Crippen LogP contribution in [0.1, 0.15) is 25.7 Å². The number of rotatable bonds is 3. The van der Waals surface area contributed by atoms with Crippen molar-refractivity contribution in [3.8, 4) is 0 Å². The van der Waals surface area contributed by atoms with E-state index in [-0.39, 0.29) is 30.2 Å². The molecule has 0 aromatic carbocycles. The van der Waals surface area contributed by atoms with Crippen molar-refractivity contribution in [2.24, 2.45) is 0 Å². The summed E-state index contributed by atoms with van der Waals surface area (Å²) in [5.74, 6) is 0. The fraction of sp³-hybridized carbons (Fsp3) is 0.429. The van der Waals surface area contributed by atoms with Crippen molar-refractivity contribution >= 4 is 5.43 Å². The van der Waals surface area contributed by atoms with Gasteiger partial charge in [0.15, 0.2) is 0 Å². The molecular weight excluding hydrogens is 358 g/mol. The molecule has 0 unspecified atom stereocenters. The predicted molar refractivity (Wildman–Crippen MR) is 69.1 cm³/mol. The molecule has 0 aromatic heterocycles. The zero-order chi connectivity index (χ0) is 11.8. The van der Waals surface area contributed by atoms with Gasteiger partial charge in [-0.1, -0.05) is 30.2 Å². The molecule has 0 nitrogen and oxygen atoms in total. The van der Waals surface area contributed by atoms with Gasteiger partial charge in [0.25, 0.3) is 0 Å². The second-order valence-corrected chi connectivity index (χ2v) is 13.6. The Labute approximate surface area is 139 Å². The second kappa shape index (κ2) is 12.7. The average Bonchev–Trinajstić information content (AvgIpc) is 2.87. The summed E-state index contributed by atoms with van der Waals surface area (Å²) in [6.07, 6.45) is 18.9. The molecule has 0 saturated carbocycles. The monoisotopic (exact) mass is 375 g/mol. The van der Waals surface area contributed by atoms with Gasteiger partial charge >= 0.3 is 41.9 Å². The molecule has 2 aliphatic rings. The first-order chi connectivity index (χ1) is 7.68. The van der Waals surface area contributed by atoms with Crippen molar-refractivity contribution < 1.29 is 48.1 Å². The minimum atomic E-state index is 0. The van der Waals surface area contributed by atoms with Crippen LogP contribution >= 0.6 is 0 Å². The van der Waals surface area contributed by atoms with E-state index in [1.54, 1.807) is 28.9 Å². The first-order valence-electron chi connectivity index (χ1n) is 5.81. The molecule has 0 atom stereocenters. The predicted octanol–water partition coefficient (Wildman–Crippen LogP) is -1.87. The Bertz CT molecular complexity index is 364. The molecule has 0 aromatic rings. The Kier molecular flexibility index (Phi) is 14.7. The molecule has 2 aliphatic carbocycles. The Morgan fingerprint density at radius 3 is 2.33 bits per heavy atom. The van der Waals surface area contributed by atoms with Crippen molar-refractivity contribution in [2.45, 2.75) is 38.8 Å². The smallest absolute Gasteiger partial charge is 0.0132 e. The molecule has 0 N–H and O–H groups in total. The van der Waals surface area contributed by atoms with E-state index in [0.29, 0.717) is 0 Å². The van der Waals surface area contributed by atoms with Crippen LogP contribution in [0.2, 0.25) is 13.1 Å². The third-order valence-electron chi connectivity index (χ3n) is 2.33. The molecule has 0 radical (unpaired) electrons. The summed E-state index contributed by atoms with van der Waals surface area (Å²) in [7, 11) is 0. The maximum atomic E-state index is 3.34. The Balaban J connectivity index is 0. The Hall–Kier alpha value is 0.640. The largest absolute Gasteiger partial charge is 1.00 e. The molecule has 0 bridgehead atoms. The summed E-state index contributed by atoms with van der Waals surface area (Å²) in [6.45, 7) is 4.62. The van der Waals surface area contributed by atoms with Crippen LogP contribution in [0.15, 0.2) is 41.5 Å². The van der Waals surface area contributed by atoms with E-state index in [0.717, 1.165) is 12.8 Å². The normalized spacial score (nSPS) is 14.9. The van der Waals surface area contributed by atoms with E-state index in [4.69, 9.17) is 0 Å². The maximum absolute atomic E-state index is 3.34. The first kappa shape index (κ1) is 20.9. The van der Waals surface area contributed by atoms with Crippen LogP contribution in [-0.4, -0.2) is 5.43 Å². The number of allylic oxidation sites excluding steroid dienone is 8. The van der Waals surface area contributed by atoms with Gasteiger partial charge in [0.2, 0.25) is 0 Å². The van der Waals surface area contributed by atoms with Gasteiger partial charge in [-0.3, -0.25) is 6.08 Å². The molecule has 0 aliphatic heterocycles. The molecule has 0 fully saturated rings. The SMILES string of the molecule is C[Si](C)=[Zr+2].[C-]1=C(CCC2=CC=CC2)C=CC1.[Cl-].[Cl-]. The van der Waals surface area contributed by atoms with Gasteiger partial charge in [-0.05, 0) is 12.8 Å². The van der Waals surface area contributed by atoms with Gasteiger partial charge in [0, 0.05) is 0 Å². The van der Waals surface area contributed by atoms with Gasteiger partial charge in [0.1, 0.15) is 0 Å². The minimum Gasteiger partial charge on any atom is -1.00 e. The van der Waals surface area contributed by atoms with E-state index in [1.165, 1.54) is 18.4 Å². The van der Waals surface area contributed by atoms with Crippen LogP contribution in [-0.2, 0) is 23.3 Å². The first-order valence-corrected chi connectivity index (χ1v) is 12.0. The van der Waals surface area contributed by atoms with Gasteiger partial charge in [-0.25, -0.2) is 11.6 Å². The second-order valence-electron chi connectivity index (χ2n) is 4.27. The summed E-state index contributed by atoms with van der Waals surface area (Å²) in [5.41, 5.74) is 3.16. The fourth-order valence-corrected chi connectivity index (χ4v) is 1.59. The van der Waals surface area contributed by atoms with Gasteiger partial charge < -0.3 is 24.8 Å². The van der Waals surface area contributed by atoms with Crippen molar-refractivity contribution in [2.75, 3.05) is 0 Å². The molecule has 0 spiro atoms. The van der Waals surface area contributed by atoms with Gasteiger partial charge in [-0.2, -0.15) is 6.08 Å². The minimum absolute atomic E-state index is 0. The zero-order valence-corrected chi connectivity index (χ0v) is 15.9. The maximum Gasteiger partial charge on any atom is -0.0132 e. The average molecular weight is 378 g/mol. The van der Waals surface area contributed by atoms with E-state index >= 15 is 0 Å². The van der Waals surface area contributed by atoms with E-state index in [1.807, 2.05) is 0 Å². The van der Waals surface area contributed by atoms with Gasteiger partial charge in [-0.15, -0.1) is 6.42 Å². The number of halogens is 2. The van der Waals surface area contributed by atoms with Crippen molar-refractivity contribution in [1.82, 2.24) is 0 Å². The van der Waals surface area contributed by atoms with Crippen LogP contribution in [0.5, 0.6) is 0 Å². The van der Waals surface area contributed by atoms with Crippen LogP contribution in [0.25, 0.3) is 0 Å². The fourth-order valence-electron chi connectivity index (χ4n) is 1.59. The van der Waals surface area contributed by atoms with E-state index in [9.17, 15) is 0 Å². The molecule has 0 heterocycles. The van der Waals surface area contributed by atoms with Crippen LogP contribution in [0, 0.1) is 6.08 Å². The molecule has 2 rings (SSSR count). The number of hydrogen-bond acceptors (Lipinski definition) is 0. The van der Waals surface area contributed by atoms with E-state index < -0.39 is 0 Å². The summed E-state index contributed by atoms with van der Waals surface area (Å²) in [4.78, 5) is 0. The molecule has 98 valence electrons. The molecule has 0 saturated heterocycles. The van der Waals surface area contributed by atoms with Crippen molar-refractivity contribution in [3.63, 3.8) is 0 Å². The van der Waals surface area contributed by atoms with Crippen LogP contribution < -0.4 is 24.8 Å². The third kappa shape index (κ3) is 10.6. The summed E-state index contributed by atoms with van der Waals surface area (Å²) >= 11 is 1.74. The molecule has 0 amide bonds. The van der Waals surface area contributed by atoms with Crippen LogP contribution in [0.4, 0.5) is 0 Å². The molecule has 18 heavy (non-hydrogen) atoms. The Morgan fingerprint density at radius 1 is 1.22 bits per heavy atom. The van der Waals surface area contributed by atoms with Crippen LogP contribution in [0.3, 0.4) is 0 Å². The topological polar surface area (TPSA) is 0 Å². The Morgan fingerprint density at radius 2 is 1.89 bits per heavy atom. The number of hydrogen-bond donors (Lipinski definition) is 0. The summed E-state index contributed by atoms with van der Waals surface area (Å²) < 4.78 is 0. The van der Waals surface area contributed by atoms with Gasteiger partial charge in [0.05, 0.1) is 0 Å². The quantitative estimate of drug-likeness (QED) is 0.400. The zero-order valence-electron chi connectivity index (χ0n) is 11.0.